The van der Waals surface area contributed by atoms with E-state index in [1.165, 1.54) is 32.6 Å². The Labute approximate surface area is 208 Å². The minimum absolute atomic E-state index is 0.0556. The van der Waals surface area contributed by atoms with Crippen molar-refractivity contribution >= 4 is 17.3 Å². The zero-order valence-electron chi connectivity index (χ0n) is 20.2. The lowest BCUT2D eigenvalue weighted by atomic mass is 10.2. The van der Waals surface area contributed by atoms with Crippen LogP contribution in [0.5, 0.6) is 17.2 Å². The minimum Gasteiger partial charge on any atom is -0.497 e. The predicted molar refractivity (Wildman–Crippen MR) is 133 cm³/mol. The number of para-hydroxylation sites is 1. The Hall–Kier alpha value is -4.05. The molecule has 0 spiro atoms. The quantitative estimate of drug-likeness (QED) is 0.482. The van der Waals surface area contributed by atoms with Gasteiger partial charge in [0.1, 0.15) is 29.3 Å². The van der Waals surface area contributed by atoms with Crippen LogP contribution in [-0.4, -0.2) is 57.8 Å². The maximum Gasteiger partial charge on any atom is 0.262 e. The molecular formula is C26H28FN3O6. The van der Waals surface area contributed by atoms with E-state index < -0.39 is 5.91 Å². The molecule has 2 heterocycles. The van der Waals surface area contributed by atoms with Gasteiger partial charge in [-0.15, -0.1) is 0 Å². The van der Waals surface area contributed by atoms with Gasteiger partial charge in [-0.2, -0.15) is 0 Å². The molecule has 0 saturated carbocycles. The molecule has 9 nitrogen and oxygen atoms in total. The van der Waals surface area contributed by atoms with E-state index in [0.29, 0.717) is 61.4 Å². The van der Waals surface area contributed by atoms with Gasteiger partial charge >= 0.3 is 0 Å². The molecule has 1 amide bonds. The first-order valence-electron chi connectivity index (χ1n) is 11.4. The number of benzene rings is 2. The Balaban J connectivity index is 1.28. The molecule has 0 atom stereocenters. The second-order valence-electron chi connectivity index (χ2n) is 8.19. The summed E-state index contributed by atoms with van der Waals surface area (Å²) in [4.78, 5) is 28.9. The summed E-state index contributed by atoms with van der Waals surface area (Å²) in [7, 11) is 3.02. The van der Waals surface area contributed by atoms with Gasteiger partial charge in [0.05, 0.1) is 32.1 Å². The number of piperazine rings is 1. The second-order valence-corrected chi connectivity index (χ2v) is 8.19. The third-order valence-corrected chi connectivity index (χ3v) is 5.84. The van der Waals surface area contributed by atoms with Crippen molar-refractivity contribution in [3.05, 3.63) is 76.6 Å². The van der Waals surface area contributed by atoms with Crippen LogP contribution in [0, 0.1) is 5.82 Å². The zero-order valence-corrected chi connectivity index (χ0v) is 20.2. The van der Waals surface area contributed by atoms with Crippen LogP contribution in [0.25, 0.3) is 0 Å². The van der Waals surface area contributed by atoms with Gasteiger partial charge in [-0.1, -0.05) is 12.1 Å². The topological polar surface area (TPSA) is 93.5 Å². The lowest BCUT2D eigenvalue weighted by Gasteiger charge is -2.35. The first-order valence-corrected chi connectivity index (χ1v) is 11.4. The van der Waals surface area contributed by atoms with E-state index in [4.69, 9.17) is 18.6 Å². The van der Waals surface area contributed by atoms with Crippen LogP contribution >= 0.6 is 0 Å². The molecule has 1 saturated heterocycles. The summed E-state index contributed by atoms with van der Waals surface area (Å²) in [5, 5.41) is 2.68. The Morgan fingerprint density at radius 3 is 2.50 bits per heavy atom. The summed E-state index contributed by atoms with van der Waals surface area (Å²) in [5.41, 5.74) is 0.667. The number of hydrogen-bond donors (Lipinski definition) is 1. The molecule has 1 aliphatic heterocycles. The summed E-state index contributed by atoms with van der Waals surface area (Å²) >= 11 is 0. The van der Waals surface area contributed by atoms with Gasteiger partial charge in [-0.3, -0.25) is 14.5 Å². The summed E-state index contributed by atoms with van der Waals surface area (Å²) in [6, 6.07) is 13.1. The largest absolute Gasteiger partial charge is 0.497 e. The first-order chi connectivity index (χ1) is 17.5. The van der Waals surface area contributed by atoms with Gasteiger partial charge in [0.25, 0.3) is 5.91 Å². The van der Waals surface area contributed by atoms with Crippen molar-refractivity contribution in [2.75, 3.05) is 57.2 Å². The van der Waals surface area contributed by atoms with Crippen LogP contribution < -0.4 is 29.9 Å². The van der Waals surface area contributed by atoms with E-state index in [0.717, 1.165) is 0 Å². The monoisotopic (exact) mass is 497 g/mol. The smallest absolute Gasteiger partial charge is 0.262 e. The number of anilines is 2. The maximum absolute atomic E-state index is 14.0. The summed E-state index contributed by atoms with van der Waals surface area (Å²) < 4.78 is 35.4. The highest BCUT2D eigenvalue weighted by molar-refractivity contribution is 5.93. The van der Waals surface area contributed by atoms with Crippen LogP contribution in [0.4, 0.5) is 15.8 Å². The highest BCUT2D eigenvalue weighted by Gasteiger charge is 2.20. The van der Waals surface area contributed by atoms with Gasteiger partial charge in [0.15, 0.2) is 6.61 Å². The van der Waals surface area contributed by atoms with E-state index >= 15 is 0 Å². The lowest BCUT2D eigenvalue weighted by molar-refractivity contribution is -0.118. The van der Waals surface area contributed by atoms with E-state index in [1.807, 2.05) is 11.0 Å². The SMILES string of the molecule is COc1ccc(NC(=O)COc2coc(CN3CCN(c4ccccc4F)CC3)cc2=O)c(OC)c1. The predicted octanol–water partition coefficient (Wildman–Crippen LogP) is 3.14. The molecule has 1 N–H and O–H groups in total. The third-order valence-electron chi connectivity index (χ3n) is 5.84. The minimum atomic E-state index is -0.463. The molecule has 190 valence electrons. The Morgan fingerprint density at radius 1 is 1.03 bits per heavy atom. The number of methoxy groups -OCH3 is 2. The highest BCUT2D eigenvalue weighted by atomic mass is 19.1. The van der Waals surface area contributed by atoms with Gasteiger partial charge in [-0.25, -0.2) is 4.39 Å². The molecule has 36 heavy (non-hydrogen) atoms. The molecule has 1 aliphatic rings. The molecule has 2 aromatic carbocycles. The molecule has 1 fully saturated rings. The Morgan fingerprint density at radius 2 is 1.81 bits per heavy atom. The van der Waals surface area contributed by atoms with Crippen molar-refractivity contribution in [3.8, 4) is 17.2 Å². The van der Waals surface area contributed by atoms with E-state index in [9.17, 15) is 14.0 Å². The van der Waals surface area contributed by atoms with Gasteiger partial charge in [0, 0.05) is 38.3 Å². The Kier molecular flexibility index (Phi) is 8.06. The number of halogens is 1. The van der Waals surface area contributed by atoms with Crippen molar-refractivity contribution < 1.29 is 27.8 Å². The fraction of sp³-hybridized carbons (Fsp3) is 0.308. The molecule has 10 heteroatoms. The third kappa shape index (κ3) is 6.14. The number of nitrogens with one attached hydrogen (secondary N) is 1. The number of rotatable bonds is 9. The molecule has 0 bridgehead atoms. The fourth-order valence-corrected chi connectivity index (χ4v) is 3.93. The van der Waals surface area contributed by atoms with Crippen LogP contribution in [0.3, 0.4) is 0 Å². The molecule has 1 aromatic heterocycles. The van der Waals surface area contributed by atoms with Gasteiger partial charge < -0.3 is 28.8 Å². The number of ether oxygens (including phenoxy) is 3. The molecule has 4 rings (SSSR count). The highest BCUT2D eigenvalue weighted by Crippen LogP contribution is 2.29. The van der Waals surface area contributed by atoms with Crippen molar-refractivity contribution in [1.82, 2.24) is 4.90 Å². The number of amides is 1. The second kappa shape index (κ2) is 11.6. The first kappa shape index (κ1) is 25.1. The molecular weight excluding hydrogens is 469 g/mol. The molecule has 0 radical (unpaired) electrons. The van der Waals surface area contributed by atoms with Crippen LogP contribution in [0.2, 0.25) is 0 Å². The average molecular weight is 498 g/mol. The van der Waals surface area contributed by atoms with Gasteiger partial charge in [0.2, 0.25) is 11.2 Å². The summed E-state index contributed by atoms with van der Waals surface area (Å²) in [6.07, 6.45) is 1.22. The molecule has 3 aromatic rings. The Bertz CT molecular complexity index is 1260. The van der Waals surface area contributed by atoms with Crippen LogP contribution in [0.15, 0.2) is 64.0 Å². The van der Waals surface area contributed by atoms with Crippen LogP contribution in [0.1, 0.15) is 5.76 Å². The summed E-state index contributed by atoms with van der Waals surface area (Å²) in [5.74, 6) is 0.755. The average Bonchev–Trinajstić information content (AvgIpc) is 2.89. The fourth-order valence-electron chi connectivity index (χ4n) is 3.93. The van der Waals surface area contributed by atoms with Crippen molar-refractivity contribution in [2.24, 2.45) is 0 Å². The van der Waals surface area contributed by atoms with Crippen molar-refractivity contribution in [1.29, 1.82) is 0 Å². The zero-order chi connectivity index (χ0) is 25.5. The van der Waals surface area contributed by atoms with Crippen molar-refractivity contribution in [2.45, 2.75) is 6.54 Å². The number of carbonyl (C=O) groups excluding carboxylic acids is 1. The molecule has 0 unspecified atom stereocenters. The number of carbonyl (C=O) groups is 1. The maximum atomic E-state index is 14.0. The lowest BCUT2D eigenvalue weighted by Crippen LogP contribution is -2.46. The standard InChI is InChI=1S/C26H28FN3O6/c1-33-18-7-8-21(24(14-18)34-2)28-26(32)17-36-25-16-35-19(13-23(25)31)15-29-9-11-30(12-10-29)22-6-4-3-5-20(22)27/h3-8,13-14,16H,9-12,15,17H2,1-2H3,(H,28,32). The normalized spacial score (nSPS) is 13.8. The summed E-state index contributed by atoms with van der Waals surface area (Å²) in [6.45, 7) is 2.80. The van der Waals surface area contributed by atoms with E-state index in [2.05, 4.69) is 10.2 Å². The van der Waals surface area contributed by atoms with E-state index in [1.54, 1.807) is 30.3 Å². The number of nitrogens with zero attached hydrogens (tertiary/aromatic N) is 2. The van der Waals surface area contributed by atoms with Crippen LogP contribution in [-0.2, 0) is 11.3 Å². The number of hydrogen-bond acceptors (Lipinski definition) is 8. The van der Waals surface area contributed by atoms with E-state index in [-0.39, 0.29) is 23.6 Å². The molecule has 0 aliphatic carbocycles. The van der Waals surface area contributed by atoms with Crippen molar-refractivity contribution in [3.63, 3.8) is 0 Å². The van der Waals surface area contributed by atoms with Gasteiger partial charge in [-0.05, 0) is 24.3 Å².